The lowest BCUT2D eigenvalue weighted by Crippen LogP contribution is -2.24. The van der Waals surface area contributed by atoms with Gasteiger partial charge in [-0.25, -0.2) is 13.4 Å². The highest BCUT2D eigenvalue weighted by molar-refractivity contribution is 7.92. The number of unbranched alkanes of at least 4 members (excludes halogenated alkanes) is 1. The fraction of sp³-hybridized carbons (Fsp3) is 0.750. The van der Waals surface area contributed by atoms with E-state index in [4.69, 9.17) is 0 Å². The highest BCUT2D eigenvalue weighted by Gasteiger charge is 2.13. The quantitative estimate of drug-likeness (QED) is 0.723. The van der Waals surface area contributed by atoms with Gasteiger partial charge in [0.05, 0.1) is 11.4 Å². The molecular formula is C12H23N3O2S2. The Labute approximate surface area is 119 Å². The molecule has 0 fully saturated rings. The van der Waals surface area contributed by atoms with Gasteiger partial charge in [0.1, 0.15) is 0 Å². The molecule has 1 aromatic heterocycles. The van der Waals surface area contributed by atoms with Gasteiger partial charge in [0.15, 0.2) is 5.13 Å². The number of thiazole rings is 1. The number of nitrogens with zero attached hydrogens (tertiary/aromatic N) is 1. The monoisotopic (exact) mass is 305 g/mol. The van der Waals surface area contributed by atoms with Crippen LogP contribution in [0, 0.1) is 13.8 Å². The van der Waals surface area contributed by atoms with Gasteiger partial charge in [0.2, 0.25) is 10.0 Å². The van der Waals surface area contributed by atoms with Gasteiger partial charge in [-0.15, -0.1) is 11.3 Å². The highest BCUT2D eigenvalue weighted by atomic mass is 32.2. The Bertz CT molecular complexity index is 476. The minimum Gasteiger partial charge on any atom is -0.315 e. The van der Waals surface area contributed by atoms with Crippen LogP contribution >= 0.6 is 11.3 Å². The number of anilines is 1. The molecule has 0 aliphatic carbocycles. The molecule has 19 heavy (non-hydrogen) atoms. The Balaban J connectivity index is 2.36. The van der Waals surface area contributed by atoms with Crippen molar-refractivity contribution in [2.75, 3.05) is 17.0 Å². The van der Waals surface area contributed by atoms with Crippen molar-refractivity contribution in [2.24, 2.45) is 0 Å². The van der Waals surface area contributed by atoms with E-state index in [1.54, 1.807) is 0 Å². The van der Waals surface area contributed by atoms with Gasteiger partial charge in [-0.1, -0.05) is 13.8 Å². The Hall–Kier alpha value is -0.660. The zero-order chi connectivity index (χ0) is 14.5. The van der Waals surface area contributed by atoms with Crippen molar-refractivity contribution in [3.05, 3.63) is 10.6 Å². The third kappa shape index (κ3) is 6.35. The second-order valence-electron chi connectivity index (χ2n) is 4.90. The molecule has 0 amide bonds. The van der Waals surface area contributed by atoms with E-state index in [-0.39, 0.29) is 5.75 Å². The summed E-state index contributed by atoms with van der Waals surface area (Å²) in [4.78, 5) is 5.22. The van der Waals surface area contributed by atoms with Crippen molar-refractivity contribution in [3.8, 4) is 0 Å². The van der Waals surface area contributed by atoms with Gasteiger partial charge in [-0.3, -0.25) is 4.72 Å². The van der Waals surface area contributed by atoms with Gasteiger partial charge in [-0.05, 0) is 33.2 Å². The number of aryl methyl sites for hydroxylation is 2. The van der Waals surface area contributed by atoms with Crippen LogP contribution in [0.15, 0.2) is 0 Å². The fourth-order valence-electron chi connectivity index (χ4n) is 1.51. The fourth-order valence-corrected chi connectivity index (χ4v) is 3.72. The zero-order valence-corrected chi connectivity index (χ0v) is 13.6. The highest BCUT2D eigenvalue weighted by Crippen LogP contribution is 2.22. The lowest BCUT2D eigenvalue weighted by molar-refractivity contribution is 0.561. The van der Waals surface area contributed by atoms with Crippen LogP contribution in [-0.4, -0.2) is 31.7 Å². The molecule has 1 aromatic rings. The molecule has 0 atom stereocenters. The topological polar surface area (TPSA) is 71.1 Å². The SMILES string of the molecule is Cc1nc(NS(=O)(=O)CCCCNC(C)C)sc1C. The van der Waals surface area contributed by atoms with E-state index in [1.165, 1.54) is 11.3 Å². The van der Waals surface area contributed by atoms with Crippen molar-refractivity contribution >= 4 is 26.5 Å². The third-order valence-corrected chi connectivity index (χ3v) is 5.11. The first-order valence-electron chi connectivity index (χ1n) is 6.48. The molecule has 5 nitrogen and oxygen atoms in total. The lowest BCUT2D eigenvalue weighted by Gasteiger charge is -2.08. The molecule has 1 rings (SSSR count). The predicted octanol–water partition coefficient (Wildman–Crippen LogP) is 2.28. The summed E-state index contributed by atoms with van der Waals surface area (Å²) in [6, 6.07) is 0.441. The largest absolute Gasteiger partial charge is 0.315 e. The number of sulfonamides is 1. The zero-order valence-electron chi connectivity index (χ0n) is 12.0. The summed E-state index contributed by atoms with van der Waals surface area (Å²) in [6.45, 7) is 8.81. The summed E-state index contributed by atoms with van der Waals surface area (Å²) >= 11 is 1.38. The summed E-state index contributed by atoms with van der Waals surface area (Å²) in [5.74, 6) is 0.143. The average molecular weight is 305 g/mol. The molecular weight excluding hydrogens is 282 g/mol. The maximum absolute atomic E-state index is 11.9. The van der Waals surface area contributed by atoms with Crippen LogP contribution in [0.3, 0.4) is 0 Å². The van der Waals surface area contributed by atoms with Crippen LogP contribution in [0.25, 0.3) is 0 Å². The Morgan fingerprint density at radius 3 is 2.47 bits per heavy atom. The van der Waals surface area contributed by atoms with Crippen molar-refractivity contribution in [3.63, 3.8) is 0 Å². The Kier molecular flexibility index (Phi) is 6.22. The van der Waals surface area contributed by atoms with Gasteiger partial charge >= 0.3 is 0 Å². The number of aromatic nitrogens is 1. The first-order valence-corrected chi connectivity index (χ1v) is 8.95. The predicted molar refractivity (Wildman–Crippen MR) is 81.4 cm³/mol. The molecule has 0 bridgehead atoms. The summed E-state index contributed by atoms with van der Waals surface area (Å²) < 4.78 is 26.2. The first-order chi connectivity index (χ1) is 8.80. The second kappa shape index (κ2) is 7.21. The van der Waals surface area contributed by atoms with E-state index in [1.807, 2.05) is 13.8 Å². The van der Waals surface area contributed by atoms with E-state index >= 15 is 0 Å². The van der Waals surface area contributed by atoms with E-state index in [0.29, 0.717) is 17.6 Å². The van der Waals surface area contributed by atoms with Crippen LogP contribution in [0.1, 0.15) is 37.3 Å². The molecule has 0 aliphatic rings. The summed E-state index contributed by atoms with van der Waals surface area (Å²) in [5.41, 5.74) is 0.879. The van der Waals surface area contributed by atoms with Gasteiger partial charge in [0, 0.05) is 10.9 Å². The molecule has 0 unspecified atom stereocenters. The minimum atomic E-state index is -3.27. The van der Waals surface area contributed by atoms with E-state index in [2.05, 4.69) is 28.9 Å². The number of hydrogen-bond acceptors (Lipinski definition) is 5. The summed E-state index contributed by atoms with van der Waals surface area (Å²) in [5, 5.41) is 3.73. The van der Waals surface area contributed by atoms with Gasteiger partial charge in [-0.2, -0.15) is 0 Å². The van der Waals surface area contributed by atoms with Crippen molar-refractivity contribution in [1.82, 2.24) is 10.3 Å². The van der Waals surface area contributed by atoms with E-state index in [0.717, 1.165) is 23.5 Å². The lowest BCUT2D eigenvalue weighted by atomic mass is 10.3. The van der Waals surface area contributed by atoms with Gasteiger partial charge < -0.3 is 5.32 Å². The molecule has 0 saturated carbocycles. The molecule has 110 valence electrons. The molecule has 0 radical (unpaired) electrons. The molecule has 0 spiro atoms. The molecule has 0 aliphatic heterocycles. The van der Waals surface area contributed by atoms with Crippen molar-refractivity contribution in [1.29, 1.82) is 0 Å². The second-order valence-corrected chi connectivity index (χ2v) is 7.94. The summed E-state index contributed by atoms with van der Waals surface area (Å²) in [6.07, 6.45) is 1.51. The molecule has 1 heterocycles. The molecule has 0 saturated heterocycles. The van der Waals surface area contributed by atoms with E-state index < -0.39 is 10.0 Å². The van der Waals surface area contributed by atoms with Crippen LogP contribution in [0.5, 0.6) is 0 Å². The van der Waals surface area contributed by atoms with Crippen LogP contribution < -0.4 is 10.0 Å². The van der Waals surface area contributed by atoms with Crippen LogP contribution in [0.4, 0.5) is 5.13 Å². The normalized spacial score (nSPS) is 12.1. The first kappa shape index (κ1) is 16.4. The van der Waals surface area contributed by atoms with Crippen LogP contribution in [-0.2, 0) is 10.0 Å². The standard InChI is InChI=1S/C12H23N3O2S2/c1-9(2)13-7-5-6-8-19(16,17)15-12-14-10(3)11(4)18-12/h9,13H,5-8H2,1-4H3,(H,14,15). The van der Waals surface area contributed by atoms with Crippen molar-refractivity contribution in [2.45, 2.75) is 46.6 Å². The van der Waals surface area contributed by atoms with Crippen LogP contribution in [0.2, 0.25) is 0 Å². The summed E-state index contributed by atoms with van der Waals surface area (Å²) in [7, 11) is -3.27. The Morgan fingerprint density at radius 1 is 1.26 bits per heavy atom. The maximum atomic E-state index is 11.9. The number of nitrogens with one attached hydrogen (secondary N) is 2. The molecule has 0 aromatic carbocycles. The van der Waals surface area contributed by atoms with Crippen molar-refractivity contribution < 1.29 is 8.42 Å². The van der Waals surface area contributed by atoms with Gasteiger partial charge in [0.25, 0.3) is 0 Å². The van der Waals surface area contributed by atoms with E-state index in [9.17, 15) is 8.42 Å². The minimum absolute atomic E-state index is 0.143. The smallest absolute Gasteiger partial charge is 0.234 e. The average Bonchev–Trinajstić information content (AvgIpc) is 2.55. The molecule has 2 N–H and O–H groups in total. The Morgan fingerprint density at radius 2 is 1.95 bits per heavy atom. The number of rotatable bonds is 8. The third-order valence-electron chi connectivity index (χ3n) is 2.66. The molecule has 7 heteroatoms. The maximum Gasteiger partial charge on any atom is 0.234 e. The number of hydrogen-bond donors (Lipinski definition) is 2.